The molecule has 10 nitrogen and oxygen atoms in total. The van der Waals surface area contributed by atoms with Crippen LogP contribution in [0.2, 0.25) is 0 Å². The molecule has 5 rings (SSSR count). The van der Waals surface area contributed by atoms with E-state index in [0.717, 1.165) is 5.56 Å². The molecule has 0 aliphatic rings. The third-order valence-electron chi connectivity index (χ3n) is 7.06. The lowest BCUT2D eigenvalue weighted by Gasteiger charge is -2.19. The molecule has 4 N–H and O–H groups in total. The molecule has 0 saturated heterocycles. The van der Waals surface area contributed by atoms with Crippen LogP contribution in [0.4, 0.5) is 16.3 Å². The summed E-state index contributed by atoms with van der Waals surface area (Å²) in [6, 6.07) is 30.0. The average molecular weight is 632 g/mol. The Morgan fingerprint density at radius 2 is 1.67 bits per heavy atom. The molecule has 5 aromatic rings. The zero-order chi connectivity index (χ0) is 32.5. The van der Waals surface area contributed by atoms with Crippen LogP contribution in [0, 0.1) is 11.3 Å². The first-order valence-corrected chi connectivity index (χ1v) is 15.2. The number of amides is 3. The van der Waals surface area contributed by atoms with Crippen molar-refractivity contribution in [3.63, 3.8) is 0 Å². The molecular weight excluding hydrogens is 602 g/mol. The van der Waals surface area contributed by atoms with Crippen LogP contribution < -0.4 is 10.6 Å². The van der Waals surface area contributed by atoms with Crippen LogP contribution in [0.1, 0.15) is 33.6 Å². The molecule has 0 unspecified atom stereocenters. The van der Waals surface area contributed by atoms with E-state index in [-0.39, 0.29) is 42.5 Å². The Hall–Kier alpha value is -5.99. The lowest BCUT2D eigenvalue weighted by molar-refractivity contribution is -0.116. The minimum atomic E-state index is -1.06. The molecule has 230 valence electrons. The van der Waals surface area contributed by atoms with E-state index in [1.54, 1.807) is 66.0 Å². The predicted octanol–water partition coefficient (Wildman–Crippen LogP) is 7.21. The lowest BCUT2D eigenvalue weighted by atomic mass is 9.97. The highest BCUT2D eigenvalue weighted by atomic mass is 32.1. The molecule has 3 amide bonds. The van der Waals surface area contributed by atoms with Crippen LogP contribution in [0.5, 0.6) is 5.75 Å². The van der Waals surface area contributed by atoms with Gasteiger partial charge in [0.05, 0.1) is 10.6 Å². The highest BCUT2D eigenvalue weighted by molar-refractivity contribution is 7.12. The Morgan fingerprint density at radius 1 is 0.891 bits per heavy atom. The predicted molar refractivity (Wildman–Crippen MR) is 177 cm³/mol. The fraction of sp³-hybridized carbons (Fsp3) is 0.114. The van der Waals surface area contributed by atoms with Crippen molar-refractivity contribution in [2.45, 2.75) is 19.4 Å². The topological polar surface area (TPSA) is 156 Å². The summed E-state index contributed by atoms with van der Waals surface area (Å²) < 4.78 is 0. The Morgan fingerprint density at radius 3 is 2.39 bits per heavy atom. The molecule has 0 saturated carbocycles. The van der Waals surface area contributed by atoms with Crippen LogP contribution in [-0.2, 0) is 11.3 Å². The van der Waals surface area contributed by atoms with Gasteiger partial charge < -0.3 is 25.7 Å². The number of anilines is 2. The maximum atomic E-state index is 13.0. The van der Waals surface area contributed by atoms with E-state index < -0.39 is 12.0 Å². The van der Waals surface area contributed by atoms with Gasteiger partial charge in [0.2, 0.25) is 5.91 Å². The summed E-state index contributed by atoms with van der Waals surface area (Å²) in [6.45, 7) is 0.417. The average Bonchev–Trinajstić information content (AvgIpc) is 3.60. The van der Waals surface area contributed by atoms with Crippen molar-refractivity contribution in [2.24, 2.45) is 0 Å². The third-order valence-corrected chi connectivity index (χ3v) is 7.93. The Bertz CT molecular complexity index is 1900. The SMILES string of the molecule is N#Cc1c(-c2cccc(NC(=O)CCCN(Cc3ccccc3)C(=O)O)c2)cc(-c2ccccc2O)nc1NC(=O)c1cccs1. The number of phenolic OH excluding ortho intramolecular Hbond substituents is 1. The van der Waals surface area contributed by atoms with Gasteiger partial charge in [-0.05, 0) is 59.3 Å². The minimum Gasteiger partial charge on any atom is -0.507 e. The van der Waals surface area contributed by atoms with Gasteiger partial charge in [-0.1, -0.05) is 60.7 Å². The van der Waals surface area contributed by atoms with E-state index in [2.05, 4.69) is 21.7 Å². The van der Waals surface area contributed by atoms with Gasteiger partial charge in [-0.2, -0.15) is 5.26 Å². The van der Waals surface area contributed by atoms with Crippen LogP contribution in [-0.4, -0.2) is 44.5 Å². The van der Waals surface area contributed by atoms with Crippen molar-refractivity contribution in [1.82, 2.24) is 9.88 Å². The quantitative estimate of drug-likeness (QED) is 0.120. The molecule has 11 heteroatoms. The van der Waals surface area contributed by atoms with Crippen molar-refractivity contribution in [3.05, 3.63) is 118 Å². The summed E-state index contributed by atoms with van der Waals surface area (Å²) >= 11 is 1.25. The van der Waals surface area contributed by atoms with Crippen molar-refractivity contribution in [3.8, 4) is 34.2 Å². The summed E-state index contributed by atoms with van der Waals surface area (Å²) in [6.07, 6.45) is -0.639. The molecule has 0 atom stereocenters. The van der Waals surface area contributed by atoms with Gasteiger partial charge in [-0.15, -0.1) is 11.3 Å². The van der Waals surface area contributed by atoms with Crippen molar-refractivity contribution in [1.29, 1.82) is 5.26 Å². The van der Waals surface area contributed by atoms with Crippen LogP contribution in [0.15, 0.2) is 102 Å². The summed E-state index contributed by atoms with van der Waals surface area (Å²) in [5.74, 6) is -0.709. The summed E-state index contributed by atoms with van der Waals surface area (Å²) in [7, 11) is 0. The number of phenols is 1. The molecule has 3 aromatic carbocycles. The van der Waals surface area contributed by atoms with E-state index in [1.165, 1.54) is 22.3 Å². The van der Waals surface area contributed by atoms with E-state index in [9.17, 15) is 29.9 Å². The highest BCUT2D eigenvalue weighted by Crippen LogP contribution is 2.36. The van der Waals surface area contributed by atoms with E-state index in [0.29, 0.717) is 39.4 Å². The molecule has 0 bridgehead atoms. The smallest absolute Gasteiger partial charge is 0.407 e. The van der Waals surface area contributed by atoms with Gasteiger partial charge in [0.15, 0.2) is 5.82 Å². The molecule has 46 heavy (non-hydrogen) atoms. The largest absolute Gasteiger partial charge is 0.507 e. The van der Waals surface area contributed by atoms with Crippen molar-refractivity contribution >= 4 is 40.7 Å². The van der Waals surface area contributed by atoms with Crippen LogP contribution in [0.3, 0.4) is 0 Å². The van der Waals surface area contributed by atoms with Gasteiger partial charge in [-0.25, -0.2) is 9.78 Å². The number of hydrogen-bond donors (Lipinski definition) is 4. The minimum absolute atomic E-state index is 0.0209. The van der Waals surface area contributed by atoms with Crippen LogP contribution >= 0.6 is 11.3 Å². The molecule has 0 aliphatic carbocycles. The summed E-state index contributed by atoms with van der Waals surface area (Å²) in [4.78, 5) is 43.8. The number of nitrogens with one attached hydrogen (secondary N) is 2. The molecule has 0 radical (unpaired) electrons. The molecule has 0 spiro atoms. The molecular formula is C35H29N5O5S. The number of carbonyl (C=O) groups is 3. The maximum Gasteiger partial charge on any atom is 0.407 e. The first-order valence-electron chi connectivity index (χ1n) is 14.3. The van der Waals surface area contributed by atoms with Gasteiger partial charge in [0.25, 0.3) is 5.91 Å². The second-order valence-electron chi connectivity index (χ2n) is 10.3. The zero-order valence-corrected chi connectivity index (χ0v) is 25.3. The Balaban J connectivity index is 1.37. The number of carbonyl (C=O) groups excluding carboxylic acids is 2. The number of thiophene rings is 1. The van der Waals surface area contributed by atoms with Crippen molar-refractivity contribution in [2.75, 3.05) is 17.2 Å². The number of carboxylic acid groups (broad SMARTS) is 1. The zero-order valence-electron chi connectivity index (χ0n) is 24.5. The second-order valence-corrected chi connectivity index (χ2v) is 11.2. The Kier molecular flexibility index (Phi) is 10.0. The molecule has 2 heterocycles. The maximum absolute atomic E-state index is 13.0. The standard InChI is InChI=1S/C35H29N5O5S/c36-21-28-27(20-29(26-13-4-5-14-30(26)41)38-33(28)39-34(43)31-15-8-18-46-31)24-11-6-12-25(19-24)37-32(42)16-7-17-40(35(44)45)22-23-9-2-1-3-10-23/h1-6,8-15,18-20,41H,7,16-17,22H2,(H,37,42)(H,44,45)(H,38,39,43). The first kappa shape index (κ1) is 31.4. The number of benzene rings is 3. The van der Waals surface area contributed by atoms with Gasteiger partial charge in [0.1, 0.15) is 17.4 Å². The lowest BCUT2D eigenvalue weighted by Crippen LogP contribution is -2.30. The summed E-state index contributed by atoms with van der Waals surface area (Å²) in [5.41, 5.74) is 3.19. The van der Waals surface area contributed by atoms with E-state index >= 15 is 0 Å². The van der Waals surface area contributed by atoms with Crippen LogP contribution in [0.25, 0.3) is 22.4 Å². The number of hydrogen-bond acceptors (Lipinski definition) is 7. The molecule has 0 aliphatic heterocycles. The third kappa shape index (κ3) is 7.74. The summed E-state index contributed by atoms with van der Waals surface area (Å²) in [5, 5.41) is 37.7. The number of nitrogens with zero attached hydrogens (tertiary/aromatic N) is 3. The second kappa shape index (κ2) is 14.7. The first-order chi connectivity index (χ1) is 22.3. The fourth-order valence-corrected chi connectivity index (χ4v) is 5.47. The van der Waals surface area contributed by atoms with Gasteiger partial charge in [-0.3, -0.25) is 9.59 Å². The van der Waals surface area contributed by atoms with E-state index in [1.807, 2.05) is 30.3 Å². The van der Waals surface area contributed by atoms with Gasteiger partial charge in [0, 0.05) is 36.3 Å². The van der Waals surface area contributed by atoms with Gasteiger partial charge >= 0.3 is 6.09 Å². The molecule has 2 aromatic heterocycles. The number of rotatable bonds is 11. The van der Waals surface area contributed by atoms with Crippen molar-refractivity contribution < 1.29 is 24.6 Å². The monoisotopic (exact) mass is 631 g/mol. The molecule has 0 fully saturated rings. The number of aromatic nitrogens is 1. The number of nitriles is 1. The Labute approximate surface area is 269 Å². The number of pyridine rings is 1. The number of para-hydroxylation sites is 1. The van der Waals surface area contributed by atoms with E-state index in [4.69, 9.17) is 0 Å². The fourth-order valence-electron chi connectivity index (χ4n) is 4.85. The number of aromatic hydroxyl groups is 1. The normalized spacial score (nSPS) is 10.5. The highest BCUT2D eigenvalue weighted by Gasteiger charge is 2.20.